The van der Waals surface area contributed by atoms with Gasteiger partial charge in [-0.15, -0.1) is 11.3 Å². The number of ether oxygens (including phenoxy) is 1. The fourth-order valence-corrected chi connectivity index (χ4v) is 3.64. The maximum Gasteiger partial charge on any atom is 0.275 e. The number of furan rings is 1. The highest BCUT2D eigenvalue weighted by atomic mass is 32.1. The molecule has 1 aromatic carbocycles. The van der Waals surface area contributed by atoms with E-state index in [2.05, 4.69) is 10.3 Å². The molecular formula is C20H19N3O4S. The van der Waals surface area contributed by atoms with Crippen LogP contribution in [0.2, 0.25) is 0 Å². The highest BCUT2D eigenvalue weighted by Gasteiger charge is 2.19. The predicted molar refractivity (Wildman–Crippen MR) is 106 cm³/mol. The van der Waals surface area contributed by atoms with E-state index in [9.17, 15) is 9.59 Å². The number of thiazole rings is 1. The third-order valence-electron chi connectivity index (χ3n) is 4.38. The largest absolute Gasteiger partial charge is 0.459 e. The van der Waals surface area contributed by atoms with Crippen molar-refractivity contribution in [3.63, 3.8) is 0 Å². The van der Waals surface area contributed by atoms with Crippen LogP contribution in [0.15, 0.2) is 46.2 Å². The molecule has 4 rings (SSSR count). The van der Waals surface area contributed by atoms with Crippen LogP contribution in [0, 0.1) is 6.92 Å². The molecule has 1 N–H and O–H groups in total. The molecule has 3 aromatic rings. The van der Waals surface area contributed by atoms with E-state index in [-0.39, 0.29) is 11.8 Å². The van der Waals surface area contributed by atoms with Gasteiger partial charge in [0.25, 0.3) is 11.8 Å². The molecule has 1 aliphatic heterocycles. The maximum atomic E-state index is 12.5. The fraction of sp³-hybridized carbons (Fsp3) is 0.250. The molecule has 0 bridgehead atoms. The molecule has 0 aliphatic carbocycles. The van der Waals surface area contributed by atoms with Gasteiger partial charge in [0, 0.05) is 29.7 Å². The standard InChI is InChI=1S/C20H19N3O4S/c1-13-2-7-17(27-13)19-22-16(12-28-19)18(24)21-15-5-3-14(4-6-15)20(25)23-8-10-26-11-9-23/h2-7,12H,8-11H2,1H3,(H,21,24). The summed E-state index contributed by atoms with van der Waals surface area (Å²) in [6.45, 7) is 4.18. The number of rotatable bonds is 4. The number of aryl methyl sites for hydroxylation is 1. The summed E-state index contributed by atoms with van der Waals surface area (Å²) in [5.74, 6) is 1.10. The Labute approximate surface area is 165 Å². The first-order valence-electron chi connectivity index (χ1n) is 8.91. The molecule has 3 heterocycles. The summed E-state index contributed by atoms with van der Waals surface area (Å²) in [7, 11) is 0. The van der Waals surface area contributed by atoms with Gasteiger partial charge in [-0.05, 0) is 43.3 Å². The summed E-state index contributed by atoms with van der Waals surface area (Å²) >= 11 is 1.35. The zero-order chi connectivity index (χ0) is 19.5. The monoisotopic (exact) mass is 397 g/mol. The van der Waals surface area contributed by atoms with Gasteiger partial charge in [-0.1, -0.05) is 0 Å². The van der Waals surface area contributed by atoms with Crippen LogP contribution in [0.3, 0.4) is 0 Å². The quantitative estimate of drug-likeness (QED) is 0.729. The van der Waals surface area contributed by atoms with Crippen molar-refractivity contribution in [2.24, 2.45) is 0 Å². The summed E-state index contributed by atoms with van der Waals surface area (Å²) in [6, 6.07) is 10.6. The second-order valence-corrected chi connectivity index (χ2v) is 7.24. The average Bonchev–Trinajstić information content (AvgIpc) is 3.38. The number of benzene rings is 1. The van der Waals surface area contributed by atoms with E-state index in [4.69, 9.17) is 9.15 Å². The normalized spacial score (nSPS) is 14.1. The van der Waals surface area contributed by atoms with E-state index in [1.165, 1.54) is 11.3 Å². The lowest BCUT2D eigenvalue weighted by molar-refractivity contribution is 0.0303. The number of amides is 2. The van der Waals surface area contributed by atoms with Crippen molar-refractivity contribution in [1.82, 2.24) is 9.88 Å². The number of morpholine rings is 1. The van der Waals surface area contributed by atoms with E-state index in [1.807, 2.05) is 19.1 Å². The van der Waals surface area contributed by atoms with Crippen LogP contribution in [-0.4, -0.2) is 48.0 Å². The van der Waals surface area contributed by atoms with Crippen LogP contribution < -0.4 is 5.32 Å². The van der Waals surface area contributed by atoms with Gasteiger partial charge in [0.05, 0.1) is 13.2 Å². The van der Waals surface area contributed by atoms with Gasteiger partial charge in [-0.25, -0.2) is 4.98 Å². The Morgan fingerprint density at radius 1 is 1.11 bits per heavy atom. The van der Waals surface area contributed by atoms with Crippen molar-refractivity contribution in [3.8, 4) is 10.8 Å². The van der Waals surface area contributed by atoms with Crippen LogP contribution in [0.25, 0.3) is 10.8 Å². The SMILES string of the molecule is Cc1ccc(-c2nc(C(=O)Nc3ccc(C(=O)N4CCOCC4)cc3)cs2)o1. The lowest BCUT2D eigenvalue weighted by Crippen LogP contribution is -2.40. The number of nitrogens with one attached hydrogen (secondary N) is 1. The summed E-state index contributed by atoms with van der Waals surface area (Å²) in [4.78, 5) is 31.0. The molecule has 8 heteroatoms. The van der Waals surface area contributed by atoms with Gasteiger partial charge in [0.15, 0.2) is 10.8 Å². The average molecular weight is 397 g/mol. The third kappa shape index (κ3) is 3.97. The van der Waals surface area contributed by atoms with Crippen molar-refractivity contribution in [2.45, 2.75) is 6.92 Å². The van der Waals surface area contributed by atoms with Gasteiger partial charge in [0.2, 0.25) is 0 Å². The fourth-order valence-electron chi connectivity index (χ4n) is 2.88. The highest BCUT2D eigenvalue weighted by Crippen LogP contribution is 2.26. The van der Waals surface area contributed by atoms with Crippen LogP contribution in [-0.2, 0) is 4.74 Å². The van der Waals surface area contributed by atoms with E-state index < -0.39 is 0 Å². The molecule has 0 spiro atoms. The van der Waals surface area contributed by atoms with E-state index in [0.29, 0.717) is 54.0 Å². The lowest BCUT2D eigenvalue weighted by Gasteiger charge is -2.26. The molecule has 144 valence electrons. The first kappa shape index (κ1) is 18.4. The minimum absolute atomic E-state index is 0.0286. The number of hydrogen-bond acceptors (Lipinski definition) is 6. The van der Waals surface area contributed by atoms with Gasteiger partial charge in [-0.2, -0.15) is 0 Å². The summed E-state index contributed by atoms with van der Waals surface area (Å²) in [6.07, 6.45) is 0. The number of hydrogen-bond donors (Lipinski definition) is 1. The number of nitrogens with zero attached hydrogens (tertiary/aromatic N) is 2. The predicted octanol–water partition coefficient (Wildman–Crippen LogP) is 3.44. The van der Waals surface area contributed by atoms with Crippen LogP contribution in [0.5, 0.6) is 0 Å². The van der Waals surface area contributed by atoms with Crippen molar-refractivity contribution in [1.29, 1.82) is 0 Å². The lowest BCUT2D eigenvalue weighted by atomic mass is 10.1. The Kier molecular flexibility index (Phi) is 5.23. The Morgan fingerprint density at radius 2 is 1.86 bits per heavy atom. The van der Waals surface area contributed by atoms with Gasteiger partial charge >= 0.3 is 0 Å². The minimum Gasteiger partial charge on any atom is -0.459 e. The molecule has 0 radical (unpaired) electrons. The molecule has 0 saturated carbocycles. The summed E-state index contributed by atoms with van der Waals surface area (Å²) in [5.41, 5.74) is 1.51. The number of carbonyl (C=O) groups excluding carboxylic acids is 2. The van der Waals surface area contributed by atoms with E-state index >= 15 is 0 Å². The van der Waals surface area contributed by atoms with Crippen molar-refractivity contribution >= 4 is 28.8 Å². The van der Waals surface area contributed by atoms with Crippen molar-refractivity contribution in [3.05, 3.63) is 58.8 Å². The number of aromatic nitrogens is 1. The Bertz CT molecular complexity index is 987. The second kappa shape index (κ2) is 7.95. The molecule has 7 nitrogen and oxygen atoms in total. The molecule has 2 aromatic heterocycles. The second-order valence-electron chi connectivity index (χ2n) is 6.38. The van der Waals surface area contributed by atoms with Gasteiger partial charge in [0.1, 0.15) is 11.5 Å². The van der Waals surface area contributed by atoms with E-state index in [0.717, 1.165) is 5.76 Å². The van der Waals surface area contributed by atoms with Gasteiger partial charge in [-0.3, -0.25) is 9.59 Å². The maximum absolute atomic E-state index is 12.5. The first-order valence-corrected chi connectivity index (χ1v) is 9.79. The van der Waals surface area contributed by atoms with Crippen molar-refractivity contribution < 1.29 is 18.7 Å². The Hall–Kier alpha value is -2.97. The zero-order valence-electron chi connectivity index (χ0n) is 15.3. The third-order valence-corrected chi connectivity index (χ3v) is 5.23. The molecule has 0 unspecified atom stereocenters. The molecule has 1 aliphatic rings. The topological polar surface area (TPSA) is 84.7 Å². The summed E-state index contributed by atoms with van der Waals surface area (Å²) in [5, 5.41) is 5.15. The number of anilines is 1. The van der Waals surface area contributed by atoms with Crippen LogP contribution in [0.4, 0.5) is 5.69 Å². The molecule has 1 saturated heterocycles. The molecular weight excluding hydrogens is 378 g/mol. The van der Waals surface area contributed by atoms with Gasteiger partial charge < -0.3 is 19.4 Å². The van der Waals surface area contributed by atoms with Crippen molar-refractivity contribution in [2.75, 3.05) is 31.6 Å². The Morgan fingerprint density at radius 3 is 2.54 bits per heavy atom. The molecule has 2 amide bonds. The van der Waals surface area contributed by atoms with Crippen LogP contribution in [0.1, 0.15) is 26.6 Å². The van der Waals surface area contributed by atoms with Crippen LogP contribution >= 0.6 is 11.3 Å². The molecule has 0 atom stereocenters. The summed E-state index contributed by atoms with van der Waals surface area (Å²) < 4.78 is 10.8. The molecule has 1 fully saturated rings. The number of carbonyl (C=O) groups is 2. The minimum atomic E-state index is -0.307. The molecule has 28 heavy (non-hydrogen) atoms. The first-order chi connectivity index (χ1) is 13.6. The zero-order valence-corrected chi connectivity index (χ0v) is 16.1. The smallest absolute Gasteiger partial charge is 0.275 e. The van der Waals surface area contributed by atoms with E-state index in [1.54, 1.807) is 34.5 Å². The highest BCUT2D eigenvalue weighted by molar-refractivity contribution is 7.13. The Balaban J connectivity index is 1.41.